The van der Waals surface area contributed by atoms with Crippen LogP contribution in [0.4, 0.5) is 5.82 Å². The van der Waals surface area contributed by atoms with E-state index >= 15 is 0 Å². The average molecular weight is 314 g/mol. The van der Waals surface area contributed by atoms with Crippen molar-refractivity contribution in [1.29, 1.82) is 5.26 Å². The maximum absolute atomic E-state index is 9.06. The van der Waals surface area contributed by atoms with Crippen LogP contribution in [0.1, 0.15) is 22.6 Å². The zero-order valence-corrected chi connectivity index (χ0v) is 12.8. The number of hydrogen-bond donors (Lipinski definition) is 2. The number of benzene rings is 1. The van der Waals surface area contributed by atoms with Crippen molar-refractivity contribution < 1.29 is 0 Å². The van der Waals surface area contributed by atoms with E-state index < -0.39 is 0 Å². The standard InChI is InChI=1S/C16H16ClN5/c17-13-4-2-1-3-11(13)5-8-20-16-12-6-7-19-10-14(12)21-15(9-18)22-16/h1-4,19H,5-8,10H2,(H,20,21,22). The van der Waals surface area contributed by atoms with Gasteiger partial charge in [-0.25, -0.2) is 9.97 Å². The maximum atomic E-state index is 9.06. The summed E-state index contributed by atoms with van der Waals surface area (Å²) in [4.78, 5) is 8.59. The molecule has 0 bridgehead atoms. The first-order valence-electron chi connectivity index (χ1n) is 7.26. The van der Waals surface area contributed by atoms with E-state index in [-0.39, 0.29) is 5.82 Å². The fraction of sp³-hybridized carbons (Fsp3) is 0.312. The zero-order chi connectivity index (χ0) is 15.4. The highest BCUT2D eigenvalue weighted by molar-refractivity contribution is 6.31. The van der Waals surface area contributed by atoms with Gasteiger partial charge in [0.25, 0.3) is 0 Å². The number of aromatic nitrogens is 2. The van der Waals surface area contributed by atoms with E-state index in [0.717, 1.165) is 47.0 Å². The number of anilines is 1. The van der Waals surface area contributed by atoms with Crippen LogP contribution in [0.25, 0.3) is 0 Å². The monoisotopic (exact) mass is 313 g/mol. The Bertz CT molecular complexity index is 723. The summed E-state index contributed by atoms with van der Waals surface area (Å²) >= 11 is 6.16. The van der Waals surface area contributed by atoms with Gasteiger partial charge in [-0.15, -0.1) is 0 Å². The third-order valence-corrected chi connectivity index (χ3v) is 4.05. The Morgan fingerprint density at radius 1 is 1.32 bits per heavy atom. The molecule has 0 aliphatic carbocycles. The van der Waals surface area contributed by atoms with Gasteiger partial charge in [-0.05, 0) is 31.0 Å². The van der Waals surface area contributed by atoms with Gasteiger partial charge in [-0.2, -0.15) is 5.26 Å². The minimum absolute atomic E-state index is 0.211. The highest BCUT2D eigenvalue weighted by Gasteiger charge is 2.17. The predicted molar refractivity (Wildman–Crippen MR) is 85.8 cm³/mol. The highest BCUT2D eigenvalue weighted by Crippen LogP contribution is 2.21. The third kappa shape index (κ3) is 3.19. The first-order valence-corrected chi connectivity index (χ1v) is 7.63. The highest BCUT2D eigenvalue weighted by atomic mass is 35.5. The van der Waals surface area contributed by atoms with Crippen LogP contribution in [0.5, 0.6) is 0 Å². The Morgan fingerprint density at radius 3 is 3.00 bits per heavy atom. The molecule has 0 saturated carbocycles. The first-order chi connectivity index (χ1) is 10.8. The number of nitriles is 1. The molecule has 0 radical (unpaired) electrons. The molecule has 0 spiro atoms. The van der Waals surface area contributed by atoms with Gasteiger partial charge in [-0.1, -0.05) is 29.8 Å². The van der Waals surface area contributed by atoms with Crippen molar-refractivity contribution in [2.75, 3.05) is 18.4 Å². The van der Waals surface area contributed by atoms with Crippen molar-refractivity contribution in [3.8, 4) is 6.07 Å². The Morgan fingerprint density at radius 2 is 2.18 bits per heavy atom. The van der Waals surface area contributed by atoms with Crippen molar-refractivity contribution in [3.63, 3.8) is 0 Å². The predicted octanol–water partition coefficient (Wildman–Crippen LogP) is 2.30. The van der Waals surface area contributed by atoms with Crippen molar-refractivity contribution in [3.05, 3.63) is 51.9 Å². The minimum atomic E-state index is 0.211. The molecule has 0 atom stereocenters. The number of rotatable bonds is 4. The molecule has 0 fully saturated rings. The molecule has 112 valence electrons. The van der Waals surface area contributed by atoms with E-state index in [0.29, 0.717) is 13.1 Å². The minimum Gasteiger partial charge on any atom is -0.369 e. The molecule has 1 aliphatic heterocycles. The van der Waals surface area contributed by atoms with Gasteiger partial charge < -0.3 is 10.6 Å². The molecule has 0 amide bonds. The molecule has 6 heteroatoms. The van der Waals surface area contributed by atoms with Crippen molar-refractivity contribution in [2.45, 2.75) is 19.4 Å². The first kappa shape index (κ1) is 14.8. The Balaban J connectivity index is 1.75. The molecule has 3 rings (SSSR count). The summed E-state index contributed by atoms with van der Waals surface area (Å²) in [5.74, 6) is 0.984. The van der Waals surface area contributed by atoms with Crippen molar-refractivity contribution in [1.82, 2.24) is 15.3 Å². The van der Waals surface area contributed by atoms with Gasteiger partial charge in [0.2, 0.25) is 5.82 Å². The molecule has 2 N–H and O–H groups in total. The van der Waals surface area contributed by atoms with Crippen LogP contribution >= 0.6 is 11.6 Å². The van der Waals surface area contributed by atoms with Crippen LogP contribution in [-0.4, -0.2) is 23.1 Å². The molecule has 1 aliphatic rings. The number of hydrogen-bond acceptors (Lipinski definition) is 5. The molecule has 22 heavy (non-hydrogen) atoms. The fourth-order valence-corrected chi connectivity index (χ4v) is 2.80. The summed E-state index contributed by atoms with van der Waals surface area (Å²) in [6.45, 7) is 2.30. The van der Waals surface area contributed by atoms with Gasteiger partial charge in [0.05, 0.1) is 5.69 Å². The average Bonchev–Trinajstić information content (AvgIpc) is 2.56. The number of nitrogens with one attached hydrogen (secondary N) is 2. The zero-order valence-electron chi connectivity index (χ0n) is 12.1. The van der Waals surface area contributed by atoms with Crippen LogP contribution in [0.3, 0.4) is 0 Å². The molecule has 5 nitrogen and oxygen atoms in total. The van der Waals surface area contributed by atoms with Gasteiger partial charge in [0.1, 0.15) is 11.9 Å². The van der Waals surface area contributed by atoms with E-state index in [1.54, 1.807) is 0 Å². The molecule has 1 aromatic heterocycles. The summed E-state index contributed by atoms with van der Waals surface area (Å²) in [5.41, 5.74) is 3.12. The van der Waals surface area contributed by atoms with Crippen LogP contribution in [0, 0.1) is 11.3 Å². The second kappa shape index (κ2) is 6.73. The summed E-state index contributed by atoms with van der Waals surface area (Å²) in [6.07, 6.45) is 1.67. The summed E-state index contributed by atoms with van der Waals surface area (Å²) in [7, 11) is 0. The quantitative estimate of drug-likeness (QED) is 0.906. The SMILES string of the molecule is N#Cc1nc2c(c(NCCc3ccccc3Cl)n1)CCNC2. The van der Waals surface area contributed by atoms with E-state index in [4.69, 9.17) is 16.9 Å². The van der Waals surface area contributed by atoms with Gasteiger partial charge >= 0.3 is 0 Å². The summed E-state index contributed by atoms with van der Waals surface area (Å²) in [6, 6.07) is 9.84. The smallest absolute Gasteiger partial charge is 0.234 e. The van der Waals surface area contributed by atoms with Crippen LogP contribution in [0.15, 0.2) is 24.3 Å². The maximum Gasteiger partial charge on any atom is 0.234 e. The van der Waals surface area contributed by atoms with Gasteiger partial charge in [-0.3, -0.25) is 0 Å². The van der Waals surface area contributed by atoms with Crippen molar-refractivity contribution in [2.24, 2.45) is 0 Å². The lowest BCUT2D eigenvalue weighted by Gasteiger charge is -2.19. The molecule has 0 unspecified atom stereocenters. The van der Waals surface area contributed by atoms with E-state index in [1.807, 2.05) is 30.3 Å². The number of fused-ring (bicyclic) bond motifs is 1. The second-order valence-corrected chi connectivity index (χ2v) is 5.54. The summed E-state index contributed by atoms with van der Waals surface area (Å²) < 4.78 is 0. The Labute approximate surface area is 134 Å². The fourth-order valence-electron chi connectivity index (χ4n) is 2.57. The third-order valence-electron chi connectivity index (χ3n) is 3.68. The Hall–Kier alpha value is -2.16. The topological polar surface area (TPSA) is 73.6 Å². The molecule has 1 aromatic carbocycles. The molecule has 2 heterocycles. The normalized spacial score (nSPS) is 13.3. The van der Waals surface area contributed by atoms with Crippen molar-refractivity contribution >= 4 is 17.4 Å². The summed E-state index contributed by atoms with van der Waals surface area (Å²) in [5, 5.41) is 16.4. The second-order valence-electron chi connectivity index (χ2n) is 5.13. The Kier molecular flexibility index (Phi) is 4.52. The molecular weight excluding hydrogens is 298 g/mol. The van der Waals surface area contributed by atoms with Crippen LogP contribution < -0.4 is 10.6 Å². The van der Waals surface area contributed by atoms with Crippen LogP contribution in [0.2, 0.25) is 5.02 Å². The van der Waals surface area contributed by atoms with E-state index in [9.17, 15) is 0 Å². The number of halogens is 1. The molecule has 2 aromatic rings. The lowest BCUT2D eigenvalue weighted by atomic mass is 10.1. The largest absolute Gasteiger partial charge is 0.369 e. The van der Waals surface area contributed by atoms with E-state index in [2.05, 4.69) is 20.6 Å². The van der Waals surface area contributed by atoms with Crippen LogP contribution in [-0.2, 0) is 19.4 Å². The molecular formula is C16H16ClN5. The van der Waals surface area contributed by atoms with E-state index in [1.165, 1.54) is 0 Å². The lowest BCUT2D eigenvalue weighted by Crippen LogP contribution is -2.27. The molecule has 0 saturated heterocycles. The lowest BCUT2D eigenvalue weighted by molar-refractivity contribution is 0.622. The van der Waals surface area contributed by atoms with Gasteiger partial charge in [0, 0.05) is 23.7 Å². The van der Waals surface area contributed by atoms with Gasteiger partial charge in [0.15, 0.2) is 0 Å². The number of nitrogens with zero attached hydrogens (tertiary/aromatic N) is 3.